The van der Waals surface area contributed by atoms with Crippen molar-refractivity contribution in [1.82, 2.24) is 14.7 Å². The van der Waals surface area contributed by atoms with Crippen LogP contribution in [0, 0.1) is 0 Å². The molecule has 0 unspecified atom stereocenters. The quantitative estimate of drug-likeness (QED) is 0.849. The molecule has 1 fully saturated rings. The van der Waals surface area contributed by atoms with E-state index in [4.69, 9.17) is 9.47 Å². The Kier molecular flexibility index (Phi) is 3.65. The van der Waals surface area contributed by atoms with Crippen molar-refractivity contribution < 1.29 is 14.3 Å². The molecule has 0 aliphatic carbocycles. The summed E-state index contributed by atoms with van der Waals surface area (Å²) in [4.78, 5) is 14.6. The first-order valence-corrected chi connectivity index (χ1v) is 7.97. The number of hydrogen-bond donors (Lipinski definition) is 0. The molecule has 2 aliphatic rings. The van der Waals surface area contributed by atoms with Crippen LogP contribution in [0.25, 0.3) is 0 Å². The van der Waals surface area contributed by atoms with Crippen molar-refractivity contribution in [3.63, 3.8) is 0 Å². The number of carbonyl (C=O) groups excluding carboxylic acids is 1. The number of para-hydroxylation sites is 2. The Morgan fingerprint density at radius 2 is 2.09 bits per heavy atom. The average Bonchev–Trinajstić information content (AvgIpc) is 3.15. The molecule has 0 bridgehead atoms. The van der Waals surface area contributed by atoms with E-state index in [0.29, 0.717) is 18.0 Å². The fourth-order valence-corrected chi connectivity index (χ4v) is 3.21. The fraction of sp³-hybridized carbons (Fsp3) is 0.412. The summed E-state index contributed by atoms with van der Waals surface area (Å²) in [5, 5.41) is 4.30. The fourth-order valence-electron chi connectivity index (χ4n) is 3.21. The zero-order valence-corrected chi connectivity index (χ0v) is 12.8. The zero-order valence-electron chi connectivity index (χ0n) is 12.8. The lowest BCUT2D eigenvalue weighted by atomic mass is 10.1. The number of rotatable bonds is 2. The standard InChI is InChI=1S/C17H19N3O3/c21-17(16-12-22-14-6-1-2-7-15(14)23-16)19-9-3-5-13(11-19)20-10-4-8-18-20/h1-2,4,6-8,10,13,16H,3,5,9,11-12H2/t13-,16+/m0/s1. The summed E-state index contributed by atoms with van der Waals surface area (Å²) in [5.41, 5.74) is 0. The lowest BCUT2D eigenvalue weighted by Crippen LogP contribution is -2.50. The lowest BCUT2D eigenvalue weighted by Gasteiger charge is -2.36. The number of carbonyl (C=O) groups is 1. The molecule has 1 saturated heterocycles. The van der Waals surface area contributed by atoms with E-state index in [1.807, 2.05) is 46.1 Å². The first-order valence-electron chi connectivity index (χ1n) is 7.97. The van der Waals surface area contributed by atoms with Crippen LogP contribution in [-0.4, -0.2) is 46.4 Å². The van der Waals surface area contributed by atoms with Crippen LogP contribution in [0.2, 0.25) is 0 Å². The van der Waals surface area contributed by atoms with E-state index in [1.54, 1.807) is 6.20 Å². The molecular formula is C17H19N3O3. The Balaban J connectivity index is 1.45. The van der Waals surface area contributed by atoms with Crippen LogP contribution in [0.4, 0.5) is 0 Å². The number of fused-ring (bicyclic) bond motifs is 1. The van der Waals surface area contributed by atoms with Gasteiger partial charge in [0.2, 0.25) is 6.10 Å². The molecule has 0 radical (unpaired) electrons. The summed E-state index contributed by atoms with van der Waals surface area (Å²) in [6.45, 7) is 1.69. The van der Waals surface area contributed by atoms with Crippen molar-refractivity contribution in [3.05, 3.63) is 42.7 Å². The number of nitrogens with zero attached hydrogens (tertiary/aromatic N) is 3. The maximum Gasteiger partial charge on any atom is 0.267 e. The second-order valence-electron chi connectivity index (χ2n) is 5.93. The first kappa shape index (κ1) is 14.1. The predicted molar refractivity (Wildman–Crippen MR) is 83.4 cm³/mol. The predicted octanol–water partition coefficient (Wildman–Crippen LogP) is 1.89. The smallest absolute Gasteiger partial charge is 0.267 e. The molecule has 1 aromatic carbocycles. The van der Waals surface area contributed by atoms with Crippen LogP contribution in [0.3, 0.4) is 0 Å². The molecule has 2 aromatic rings. The van der Waals surface area contributed by atoms with Gasteiger partial charge >= 0.3 is 0 Å². The largest absolute Gasteiger partial charge is 0.485 e. The molecule has 2 atom stereocenters. The minimum atomic E-state index is -0.568. The molecule has 23 heavy (non-hydrogen) atoms. The molecule has 120 valence electrons. The van der Waals surface area contributed by atoms with Gasteiger partial charge in [0.05, 0.1) is 6.04 Å². The van der Waals surface area contributed by atoms with E-state index in [0.717, 1.165) is 19.4 Å². The van der Waals surface area contributed by atoms with Gasteiger partial charge in [-0.05, 0) is 31.0 Å². The number of piperidine rings is 1. The summed E-state index contributed by atoms with van der Waals surface area (Å²) in [6, 6.07) is 9.60. The highest BCUT2D eigenvalue weighted by Crippen LogP contribution is 2.32. The highest BCUT2D eigenvalue weighted by atomic mass is 16.6. The van der Waals surface area contributed by atoms with Crippen molar-refractivity contribution in [3.8, 4) is 11.5 Å². The van der Waals surface area contributed by atoms with Crippen LogP contribution >= 0.6 is 0 Å². The van der Waals surface area contributed by atoms with Gasteiger partial charge in [0.15, 0.2) is 11.5 Å². The summed E-state index contributed by atoms with van der Waals surface area (Å²) in [7, 11) is 0. The molecule has 6 nitrogen and oxygen atoms in total. The van der Waals surface area contributed by atoms with Gasteiger partial charge in [-0.25, -0.2) is 0 Å². The second kappa shape index (κ2) is 5.95. The summed E-state index contributed by atoms with van der Waals surface area (Å²) < 4.78 is 13.4. The van der Waals surface area contributed by atoms with Gasteiger partial charge in [0.1, 0.15) is 6.61 Å². The van der Waals surface area contributed by atoms with E-state index < -0.39 is 6.10 Å². The minimum Gasteiger partial charge on any atom is -0.485 e. The third-order valence-electron chi connectivity index (χ3n) is 4.39. The average molecular weight is 313 g/mol. The molecule has 0 spiro atoms. The second-order valence-corrected chi connectivity index (χ2v) is 5.93. The van der Waals surface area contributed by atoms with Crippen molar-refractivity contribution in [2.75, 3.05) is 19.7 Å². The van der Waals surface area contributed by atoms with Gasteiger partial charge in [-0.3, -0.25) is 9.48 Å². The zero-order chi connectivity index (χ0) is 15.6. The van der Waals surface area contributed by atoms with Crippen LogP contribution in [-0.2, 0) is 4.79 Å². The van der Waals surface area contributed by atoms with Gasteiger partial charge in [0.25, 0.3) is 5.91 Å². The third kappa shape index (κ3) is 2.76. The maximum absolute atomic E-state index is 12.8. The molecule has 0 N–H and O–H groups in total. The van der Waals surface area contributed by atoms with Gasteiger partial charge in [-0.15, -0.1) is 0 Å². The third-order valence-corrected chi connectivity index (χ3v) is 4.39. The molecule has 1 amide bonds. The number of benzene rings is 1. The Morgan fingerprint density at radius 3 is 2.91 bits per heavy atom. The van der Waals surface area contributed by atoms with E-state index >= 15 is 0 Å². The minimum absolute atomic E-state index is 0.00337. The lowest BCUT2D eigenvalue weighted by molar-refractivity contribution is -0.143. The molecule has 4 rings (SSSR count). The molecule has 0 saturated carbocycles. The maximum atomic E-state index is 12.8. The van der Waals surface area contributed by atoms with Gasteiger partial charge in [-0.1, -0.05) is 12.1 Å². The monoisotopic (exact) mass is 313 g/mol. The van der Waals surface area contributed by atoms with Crippen molar-refractivity contribution in [2.24, 2.45) is 0 Å². The van der Waals surface area contributed by atoms with Gasteiger partial charge < -0.3 is 14.4 Å². The highest BCUT2D eigenvalue weighted by molar-refractivity contribution is 5.82. The molecule has 3 heterocycles. The number of ether oxygens (including phenoxy) is 2. The van der Waals surface area contributed by atoms with E-state index in [2.05, 4.69) is 5.10 Å². The summed E-state index contributed by atoms with van der Waals surface area (Å²) in [6.07, 6.45) is 5.17. The first-order chi connectivity index (χ1) is 11.3. The van der Waals surface area contributed by atoms with Gasteiger partial charge in [0, 0.05) is 25.5 Å². The number of hydrogen-bond acceptors (Lipinski definition) is 4. The normalized spacial score (nSPS) is 23.6. The van der Waals surface area contributed by atoms with E-state index in [-0.39, 0.29) is 18.6 Å². The number of likely N-dealkylation sites (tertiary alicyclic amines) is 1. The highest BCUT2D eigenvalue weighted by Gasteiger charge is 2.33. The Morgan fingerprint density at radius 1 is 1.22 bits per heavy atom. The van der Waals surface area contributed by atoms with E-state index in [1.165, 1.54) is 0 Å². The summed E-state index contributed by atoms with van der Waals surface area (Å²) in [5.74, 6) is 1.33. The number of amides is 1. The molecule has 1 aromatic heterocycles. The molecular weight excluding hydrogens is 294 g/mol. The van der Waals surface area contributed by atoms with Crippen LogP contribution in [0.15, 0.2) is 42.7 Å². The Labute approximate surface area is 134 Å². The SMILES string of the molecule is O=C([C@H]1COc2ccccc2O1)N1CCC[C@H](n2cccn2)C1. The van der Waals surface area contributed by atoms with Crippen LogP contribution < -0.4 is 9.47 Å². The van der Waals surface area contributed by atoms with Crippen LogP contribution in [0.1, 0.15) is 18.9 Å². The molecule has 6 heteroatoms. The Bertz CT molecular complexity index is 686. The Hall–Kier alpha value is -2.50. The van der Waals surface area contributed by atoms with Gasteiger partial charge in [-0.2, -0.15) is 5.10 Å². The van der Waals surface area contributed by atoms with Crippen molar-refractivity contribution in [2.45, 2.75) is 25.0 Å². The van der Waals surface area contributed by atoms with Crippen molar-refractivity contribution >= 4 is 5.91 Å². The van der Waals surface area contributed by atoms with Crippen molar-refractivity contribution in [1.29, 1.82) is 0 Å². The van der Waals surface area contributed by atoms with E-state index in [9.17, 15) is 4.79 Å². The summed E-state index contributed by atoms with van der Waals surface area (Å²) >= 11 is 0. The topological polar surface area (TPSA) is 56.6 Å². The number of aromatic nitrogens is 2. The molecule has 2 aliphatic heterocycles. The van der Waals surface area contributed by atoms with Crippen LogP contribution in [0.5, 0.6) is 11.5 Å².